The zero-order valence-electron chi connectivity index (χ0n) is 17.3. The number of methoxy groups -OCH3 is 1. The molecule has 0 saturated heterocycles. The van der Waals surface area contributed by atoms with Gasteiger partial charge in [0.05, 0.1) is 30.1 Å². The molecule has 0 spiro atoms. The Labute approximate surface area is 203 Å². The van der Waals surface area contributed by atoms with Crippen LogP contribution in [0.15, 0.2) is 77.1 Å². The lowest BCUT2D eigenvalue weighted by Gasteiger charge is -2.13. The first-order chi connectivity index (χ1) is 15.9. The van der Waals surface area contributed by atoms with Crippen LogP contribution in [0.25, 0.3) is 11.3 Å². The molecule has 0 aliphatic carbocycles. The lowest BCUT2D eigenvalue weighted by Crippen LogP contribution is -2.17. The van der Waals surface area contributed by atoms with E-state index in [0.717, 1.165) is 22.6 Å². The molecule has 4 rings (SSSR count). The van der Waals surface area contributed by atoms with E-state index in [1.807, 2.05) is 40.3 Å². The highest BCUT2D eigenvalue weighted by Crippen LogP contribution is 2.32. The molecule has 0 fully saturated rings. The van der Waals surface area contributed by atoms with Gasteiger partial charge >= 0.3 is 6.61 Å². The molecule has 0 saturated carbocycles. The number of halogens is 4. The van der Waals surface area contributed by atoms with Crippen molar-refractivity contribution in [1.82, 2.24) is 4.57 Å². The molecule has 170 valence electrons. The first-order valence-corrected chi connectivity index (χ1v) is 11.4. The van der Waals surface area contributed by atoms with E-state index in [1.165, 1.54) is 23.5 Å². The lowest BCUT2D eigenvalue weighted by atomic mass is 10.1. The molecule has 0 atom stereocenters. The van der Waals surface area contributed by atoms with Gasteiger partial charge in [0.2, 0.25) is 0 Å². The molecule has 4 nitrogen and oxygen atoms in total. The van der Waals surface area contributed by atoms with Crippen LogP contribution in [0.5, 0.6) is 11.5 Å². The molecule has 33 heavy (non-hydrogen) atoms. The number of rotatable bonds is 7. The Morgan fingerprint density at radius 2 is 1.79 bits per heavy atom. The molecule has 0 unspecified atom stereocenters. The van der Waals surface area contributed by atoms with E-state index in [9.17, 15) is 8.78 Å². The topological polar surface area (TPSA) is 35.8 Å². The van der Waals surface area contributed by atoms with Gasteiger partial charge in [-0.05, 0) is 48.5 Å². The van der Waals surface area contributed by atoms with E-state index in [-0.39, 0.29) is 5.75 Å². The van der Waals surface area contributed by atoms with Gasteiger partial charge in [-0.15, -0.1) is 11.3 Å². The number of nitrogens with zero attached hydrogens (tertiary/aromatic N) is 2. The Bertz CT molecular complexity index is 1320. The molecular formula is C24H18Cl2F2N2O2S. The average Bonchev–Trinajstić information content (AvgIpc) is 3.17. The fraction of sp³-hybridized carbons (Fsp3) is 0.125. The molecule has 9 heteroatoms. The standard InChI is InChI=1S/C24H18Cl2F2N2O2S/c1-31-22-5-3-2-4-15(22)13-30-21(19-11-6-16(25)12-20(19)26)14-33-24(30)29-17-7-9-18(10-8-17)32-23(27)28/h2-12,14,23H,13H2,1H3. The van der Waals surface area contributed by atoms with Crippen LogP contribution in [-0.4, -0.2) is 18.3 Å². The van der Waals surface area contributed by atoms with Crippen LogP contribution in [0, 0.1) is 0 Å². The molecular weight excluding hydrogens is 489 g/mol. The van der Waals surface area contributed by atoms with Crippen LogP contribution in [0.4, 0.5) is 14.5 Å². The zero-order valence-corrected chi connectivity index (χ0v) is 19.7. The largest absolute Gasteiger partial charge is 0.496 e. The summed E-state index contributed by atoms with van der Waals surface area (Å²) in [6.45, 7) is -2.40. The SMILES string of the molecule is COc1ccccc1Cn1c(-c2ccc(Cl)cc2Cl)csc1=Nc1ccc(OC(F)F)cc1. The second-order valence-corrected chi connectivity index (χ2v) is 8.59. The predicted octanol–water partition coefficient (Wildman–Crippen LogP) is 7.41. The Morgan fingerprint density at radius 1 is 1.03 bits per heavy atom. The number of alkyl halides is 2. The maximum absolute atomic E-state index is 12.4. The molecule has 3 aromatic carbocycles. The van der Waals surface area contributed by atoms with Gasteiger partial charge < -0.3 is 14.0 Å². The van der Waals surface area contributed by atoms with Gasteiger partial charge in [0, 0.05) is 21.5 Å². The van der Waals surface area contributed by atoms with Crippen molar-refractivity contribution < 1.29 is 18.3 Å². The van der Waals surface area contributed by atoms with Crippen LogP contribution < -0.4 is 14.3 Å². The van der Waals surface area contributed by atoms with Crippen LogP contribution in [0.2, 0.25) is 10.0 Å². The fourth-order valence-corrected chi connectivity index (χ4v) is 4.73. The van der Waals surface area contributed by atoms with Crippen molar-refractivity contribution in [2.45, 2.75) is 13.2 Å². The summed E-state index contributed by atoms with van der Waals surface area (Å²) >= 11 is 14.0. The summed E-state index contributed by atoms with van der Waals surface area (Å²) in [7, 11) is 1.63. The van der Waals surface area contributed by atoms with Crippen molar-refractivity contribution in [3.63, 3.8) is 0 Å². The summed E-state index contributed by atoms with van der Waals surface area (Å²) in [5, 5.41) is 3.04. The maximum Gasteiger partial charge on any atom is 0.387 e. The van der Waals surface area contributed by atoms with Crippen molar-refractivity contribution in [3.05, 3.63) is 92.5 Å². The molecule has 4 aromatic rings. The quantitative estimate of drug-likeness (QED) is 0.261. The summed E-state index contributed by atoms with van der Waals surface area (Å²) < 4.78 is 36.8. The smallest absolute Gasteiger partial charge is 0.387 e. The number of para-hydroxylation sites is 1. The third-order valence-electron chi connectivity index (χ3n) is 4.81. The van der Waals surface area contributed by atoms with E-state index >= 15 is 0 Å². The Morgan fingerprint density at radius 3 is 2.48 bits per heavy atom. The van der Waals surface area contributed by atoms with Gasteiger partial charge in [0.15, 0.2) is 4.80 Å². The first-order valence-electron chi connectivity index (χ1n) is 9.80. The summed E-state index contributed by atoms with van der Waals surface area (Å²) in [5.41, 5.74) is 3.24. The van der Waals surface area contributed by atoms with E-state index in [2.05, 4.69) is 4.74 Å². The third kappa shape index (κ3) is 5.55. The highest BCUT2D eigenvalue weighted by molar-refractivity contribution is 7.07. The van der Waals surface area contributed by atoms with E-state index in [1.54, 1.807) is 31.4 Å². The van der Waals surface area contributed by atoms with E-state index < -0.39 is 6.61 Å². The summed E-state index contributed by atoms with van der Waals surface area (Å²) in [4.78, 5) is 5.43. The second kappa shape index (κ2) is 10.4. The predicted molar refractivity (Wildman–Crippen MR) is 128 cm³/mol. The van der Waals surface area contributed by atoms with Crippen LogP contribution in [0.3, 0.4) is 0 Å². The minimum atomic E-state index is -2.88. The lowest BCUT2D eigenvalue weighted by molar-refractivity contribution is -0.0498. The average molecular weight is 507 g/mol. The van der Waals surface area contributed by atoms with Crippen molar-refractivity contribution in [2.75, 3.05) is 7.11 Å². The monoisotopic (exact) mass is 506 g/mol. The number of thiazole rings is 1. The minimum Gasteiger partial charge on any atom is -0.496 e. The third-order valence-corrected chi connectivity index (χ3v) is 6.22. The minimum absolute atomic E-state index is 0.0747. The Balaban J connectivity index is 1.82. The van der Waals surface area contributed by atoms with Gasteiger partial charge in [-0.1, -0.05) is 41.4 Å². The van der Waals surface area contributed by atoms with E-state index in [4.69, 9.17) is 32.9 Å². The first kappa shape index (κ1) is 23.3. The van der Waals surface area contributed by atoms with Gasteiger partial charge in [-0.25, -0.2) is 4.99 Å². The van der Waals surface area contributed by atoms with Gasteiger partial charge in [0.1, 0.15) is 11.5 Å². The van der Waals surface area contributed by atoms with Crippen LogP contribution in [-0.2, 0) is 6.54 Å². The van der Waals surface area contributed by atoms with Gasteiger partial charge in [-0.2, -0.15) is 8.78 Å². The number of hydrogen-bond acceptors (Lipinski definition) is 4. The Hall–Kier alpha value is -2.87. The highest BCUT2D eigenvalue weighted by Gasteiger charge is 2.14. The van der Waals surface area contributed by atoms with Crippen molar-refractivity contribution in [3.8, 4) is 22.8 Å². The summed E-state index contributed by atoms with van der Waals surface area (Å²) in [5.74, 6) is 0.828. The normalized spacial score (nSPS) is 11.8. The van der Waals surface area contributed by atoms with E-state index in [0.29, 0.717) is 27.1 Å². The highest BCUT2D eigenvalue weighted by atomic mass is 35.5. The molecule has 0 aliphatic heterocycles. The van der Waals surface area contributed by atoms with Crippen LogP contribution >= 0.6 is 34.5 Å². The summed E-state index contributed by atoms with van der Waals surface area (Å²) in [6, 6.07) is 19.2. The zero-order chi connectivity index (χ0) is 23.4. The second-order valence-electron chi connectivity index (χ2n) is 6.91. The maximum atomic E-state index is 12.4. The number of benzene rings is 3. The number of hydrogen-bond donors (Lipinski definition) is 0. The molecule has 0 radical (unpaired) electrons. The fourth-order valence-electron chi connectivity index (χ4n) is 3.30. The number of ether oxygens (including phenoxy) is 2. The Kier molecular flexibility index (Phi) is 7.33. The molecule has 0 aliphatic rings. The molecule has 1 aromatic heterocycles. The van der Waals surface area contributed by atoms with Crippen molar-refractivity contribution in [2.24, 2.45) is 4.99 Å². The molecule has 1 heterocycles. The van der Waals surface area contributed by atoms with Gasteiger partial charge in [-0.3, -0.25) is 0 Å². The molecule has 0 amide bonds. The molecule has 0 bridgehead atoms. The molecule has 0 N–H and O–H groups in total. The summed E-state index contributed by atoms with van der Waals surface area (Å²) in [6.07, 6.45) is 0. The van der Waals surface area contributed by atoms with Gasteiger partial charge in [0.25, 0.3) is 0 Å². The number of aromatic nitrogens is 1. The van der Waals surface area contributed by atoms with Crippen LogP contribution in [0.1, 0.15) is 5.56 Å². The van der Waals surface area contributed by atoms with Crippen molar-refractivity contribution >= 4 is 40.2 Å². The van der Waals surface area contributed by atoms with Crippen molar-refractivity contribution in [1.29, 1.82) is 0 Å².